The van der Waals surface area contributed by atoms with Gasteiger partial charge in [0.25, 0.3) is 5.56 Å². The molecule has 17 heavy (non-hydrogen) atoms. The molecule has 88 valence electrons. The summed E-state index contributed by atoms with van der Waals surface area (Å²) in [7, 11) is 0. The Morgan fingerprint density at radius 3 is 2.59 bits per heavy atom. The second-order valence-electron chi connectivity index (χ2n) is 3.83. The summed E-state index contributed by atoms with van der Waals surface area (Å²) in [5, 5.41) is 1.17. The van der Waals surface area contributed by atoms with Crippen LogP contribution in [0.15, 0.2) is 41.2 Å². The lowest BCUT2D eigenvalue weighted by Gasteiger charge is -2.10. The lowest BCUT2D eigenvalue weighted by molar-refractivity contribution is 0.730. The highest BCUT2D eigenvalue weighted by atomic mass is 35.5. The minimum absolute atomic E-state index is 0.0315. The standard InChI is InChI=1S/C13H11Cl2NO/c1-9-3-2-4-13(17)16(9)8-10-5-6-11(14)7-12(10)15/h2-7H,8H2,1H3. The fraction of sp³-hybridized carbons (Fsp3) is 0.154. The monoisotopic (exact) mass is 267 g/mol. The van der Waals surface area contributed by atoms with Gasteiger partial charge in [-0.15, -0.1) is 0 Å². The molecule has 1 aromatic heterocycles. The number of nitrogens with zero attached hydrogens (tertiary/aromatic N) is 1. The van der Waals surface area contributed by atoms with E-state index in [0.717, 1.165) is 11.3 Å². The Balaban J connectivity index is 2.42. The van der Waals surface area contributed by atoms with Gasteiger partial charge in [0.15, 0.2) is 0 Å². The number of aryl methyl sites for hydroxylation is 1. The van der Waals surface area contributed by atoms with Gasteiger partial charge in [-0.2, -0.15) is 0 Å². The first-order valence-corrected chi connectivity index (χ1v) is 5.94. The number of hydrogen-bond acceptors (Lipinski definition) is 1. The Labute approximate surface area is 109 Å². The van der Waals surface area contributed by atoms with Crippen molar-refractivity contribution in [2.75, 3.05) is 0 Å². The zero-order chi connectivity index (χ0) is 12.4. The van der Waals surface area contributed by atoms with Crippen LogP contribution in [0.4, 0.5) is 0 Å². The van der Waals surface area contributed by atoms with Crippen LogP contribution < -0.4 is 5.56 Å². The molecule has 0 saturated heterocycles. The third-order valence-corrected chi connectivity index (χ3v) is 3.20. The van der Waals surface area contributed by atoms with E-state index in [1.165, 1.54) is 6.07 Å². The van der Waals surface area contributed by atoms with Gasteiger partial charge in [0, 0.05) is 21.8 Å². The largest absolute Gasteiger partial charge is 0.308 e. The predicted molar refractivity (Wildman–Crippen MR) is 71.0 cm³/mol. The summed E-state index contributed by atoms with van der Waals surface area (Å²) in [5.41, 5.74) is 1.76. The molecule has 0 fully saturated rings. The van der Waals surface area contributed by atoms with Gasteiger partial charge in [0.05, 0.1) is 6.54 Å². The highest BCUT2D eigenvalue weighted by molar-refractivity contribution is 6.35. The van der Waals surface area contributed by atoms with Crippen LogP contribution in [0.3, 0.4) is 0 Å². The summed E-state index contributed by atoms with van der Waals surface area (Å²) >= 11 is 11.9. The maximum Gasteiger partial charge on any atom is 0.251 e. The summed E-state index contributed by atoms with van der Waals surface area (Å²) in [6.45, 7) is 2.35. The van der Waals surface area contributed by atoms with E-state index in [9.17, 15) is 4.79 Å². The van der Waals surface area contributed by atoms with Crippen molar-refractivity contribution in [1.29, 1.82) is 0 Å². The first-order valence-electron chi connectivity index (χ1n) is 5.18. The molecule has 0 aliphatic carbocycles. The number of aromatic nitrogens is 1. The van der Waals surface area contributed by atoms with E-state index in [2.05, 4.69) is 0 Å². The molecule has 0 N–H and O–H groups in total. The molecule has 0 unspecified atom stereocenters. The third-order valence-electron chi connectivity index (χ3n) is 2.61. The molecule has 0 atom stereocenters. The van der Waals surface area contributed by atoms with Gasteiger partial charge in [0.1, 0.15) is 0 Å². The van der Waals surface area contributed by atoms with Crippen LogP contribution in [0.2, 0.25) is 10.0 Å². The molecule has 0 radical (unpaired) electrons. The van der Waals surface area contributed by atoms with Crippen LogP contribution in [0.5, 0.6) is 0 Å². The van der Waals surface area contributed by atoms with Gasteiger partial charge in [-0.1, -0.05) is 35.3 Å². The van der Waals surface area contributed by atoms with Crippen LogP contribution in [0, 0.1) is 6.92 Å². The molecule has 1 heterocycles. The zero-order valence-corrected chi connectivity index (χ0v) is 10.8. The molecule has 2 rings (SSSR count). The fourth-order valence-electron chi connectivity index (χ4n) is 1.65. The molecule has 0 amide bonds. The van der Waals surface area contributed by atoms with E-state index >= 15 is 0 Å². The third kappa shape index (κ3) is 2.71. The van der Waals surface area contributed by atoms with Gasteiger partial charge in [0.2, 0.25) is 0 Å². The minimum Gasteiger partial charge on any atom is -0.308 e. The van der Waals surface area contributed by atoms with Crippen molar-refractivity contribution >= 4 is 23.2 Å². The topological polar surface area (TPSA) is 22.0 Å². The maximum atomic E-state index is 11.7. The number of benzene rings is 1. The Hall–Kier alpha value is -1.25. The summed E-state index contributed by atoms with van der Waals surface area (Å²) in [5.74, 6) is 0. The maximum absolute atomic E-state index is 11.7. The van der Waals surface area contributed by atoms with Gasteiger partial charge in [-0.25, -0.2) is 0 Å². The molecule has 2 nitrogen and oxygen atoms in total. The van der Waals surface area contributed by atoms with Crippen molar-refractivity contribution in [2.24, 2.45) is 0 Å². The van der Waals surface area contributed by atoms with Gasteiger partial charge < -0.3 is 4.57 Å². The first kappa shape index (κ1) is 12.2. The molecular weight excluding hydrogens is 257 g/mol. The van der Waals surface area contributed by atoms with Gasteiger partial charge in [-0.3, -0.25) is 4.79 Å². The zero-order valence-electron chi connectivity index (χ0n) is 9.28. The van der Waals surface area contributed by atoms with E-state index in [4.69, 9.17) is 23.2 Å². The second-order valence-corrected chi connectivity index (χ2v) is 4.67. The number of rotatable bonds is 2. The molecule has 0 saturated carbocycles. The van der Waals surface area contributed by atoms with E-state index < -0.39 is 0 Å². The lowest BCUT2D eigenvalue weighted by atomic mass is 10.2. The Kier molecular flexibility index (Phi) is 3.55. The van der Waals surface area contributed by atoms with Crippen molar-refractivity contribution < 1.29 is 0 Å². The lowest BCUT2D eigenvalue weighted by Crippen LogP contribution is -2.21. The summed E-state index contributed by atoms with van der Waals surface area (Å²) in [4.78, 5) is 11.7. The number of hydrogen-bond donors (Lipinski definition) is 0. The molecule has 0 spiro atoms. The summed E-state index contributed by atoms with van der Waals surface area (Å²) in [6.07, 6.45) is 0. The molecule has 0 aliphatic heterocycles. The second kappa shape index (κ2) is 4.94. The van der Waals surface area contributed by atoms with Crippen molar-refractivity contribution in [3.05, 3.63) is 68.1 Å². The van der Waals surface area contributed by atoms with Crippen molar-refractivity contribution in [3.8, 4) is 0 Å². The van der Waals surface area contributed by atoms with Crippen molar-refractivity contribution in [2.45, 2.75) is 13.5 Å². The fourth-order valence-corrected chi connectivity index (χ4v) is 2.11. The number of pyridine rings is 1. The first-order chi connectivity index (χ1) is 8.08. The molecule has 1 aromatic carbocycles. The predicted octanol–water partition coefficient (Wildman–Crippen LogP) is 3.51. The van der Waals surface area contributed by atoms with Gasteiger partial charge in [-0.05, 0) is 30.7 Å². The van der Waals surface area contributed by atoms with Crippen LogP contribution in [-0.2, 0) is 6.54 Å². The van der Waals surface area contributed by atoms with Gasteiger partial charge >= 0.3 is 0 Å². The highest BCUT2D eigenvalue weighted by Crippen LogP contribution is 2.21. The highest BCUT2D eigenvalue weighted by Gasteiger charge is 2.05. The molecular formula is C13H11Cl2NO. The van der Waals surface area contributed by atoms with E-state index in [0.29, 0.717) is 16.6 Å². The summed E-state index contributed by atoms with van der Waals surface area (Å²) < 4.78 is 1.68. The normalized spacial score (nSPS) is 10.5. The van der Waals surface area contributed by atoms with Crippen molar-refractivity contribution in [3.63, 3.8) is 0 Å². The van der Waals surface area contributed by atoms with Crippen LogP contribution in [0.1, 0.15) is 11.3 Å². The minimum atomic E-state index is -0.0315. The van der Waals surface area contributed by atoms with Crippen molar-refractivity contribution in [1.82, 2.24) is 4.57 Å². The molecule has 0 bridgehead atoms. The summed E-state index contributed by atoms with van der Waals surface area (Å²) in [6, 6.07) is 10.5. The molecule has 0 aliphatic rings. The van der Waals surface area contributed by atoms with Crippen LogP contribution in [0.25, 0.3) is 0 Å². The Bertz CT molecular complexity index is 605. The Morgan fingerprint density at radius 2 is 1.94 bits per heavy atom. The quantitative estimate of drug-likeness (QED) is 0.816. The molecule has 4 heteroatoms. The average molecular weight is 268 g/mol. The smallest absolute Gasteiger partial charge is 0.251 e. The average Bonchev–Trinajstić information content (AvgIpc) is 2.26. The molecule has 2 aromatic rings. The van der Waals surface area contributed by atoms with Crippen LogP contribution >= 0.6 is 23.2 Å². The number of halogens is 2. The van der Waals surface area contributed by atoms with E-state index in [1.54, 1.807) is 22.8 Å². The SMILES string of the molecule is Cc1cccc(=O)n1Cc1ccc(Cl)cc1Cl. The van der Waals surface area contributed by atoms with E-state index in [1.807, 2.05) is 19.1 Å². The Morgan fingerprint density at radius 1 is 1.18 bits per heavy atom. The van der Waals surface area contributed by atoms with Crippen LogP contribution in [-0.4, -0.2) is 4.57 Å². The van der Waals surface area contributed by atoms with E-state index in [-0.39, 0.29) is 5.56 Å².